The van der Waals surface area contributed by atoms with Gasteiger partial charge in [0.15, 0.2) is 11.4 Å². The Labute approximate surface area is 170 Å². The summed E-state index contributed by atoms with van der Waals surface area (Å²) in [7, 11) is 0. The number of hydrogen-bond donors (Lipinski definition) is 1. The minimum Gasteiger partial charge on any atom is -0.464 e. The first kappa shape index (κ1) is 24.5. The van der Waals surface area contributed by atoms with E-state index in [1.165, 1.54) is 26.8 Å². The third-order valence-electron chi connectivity index (χ3n) is 4.37. The summed E-state index contributed by atoms with van der Waals surface area (Å²) < 4.78 is 15.7. The van der Waals surface area contributed by atoms with Crippen LogP contribution in [0.2, 0.25) is 0 Å². The van der Waals surface area contributed by atoms with E-state index >= 15 is 0 Å². The van der Waals surface area contributed by atoms with E-state index in [1.807, 2.05) is 0 Å². The molecule has 160 valence electrons. The van der Waals surface area contributed by atoms with Gasteiger partial charge in [-0.2, -0.15) is 0 Å². The molecule has 0 amide bonds. The number of aliphatic hydroxyl groups is 1. The number of carbonyl (C=O) groups excluding carboxylic acids is 4. The minimum atomic E-state index is -2.05. The molecule has 0 radical (unpaired) electrons. The van der Waals surface area contributed by atoms with Crippen LogP contribution in [-0.4, -0.2) is 53.2 Å². The lowest BCUT2D eigenvalue weighted by molar-refractivity contribution is -0.197. The van der Waals surface area contributed by atoms with Crippen molar-refractivity contribution in [2.75, 3.05) is 6.61 Å². The molecule has 8 nitrogen and oxygen atoms in total. The van der Waals surface area contributed by atoms with Gasteiger partial charge in [0.05, 0.1) is 12.7 Å². The fourth-order valence-electron chi connectivity index (χ4n) is 2.84. The summed E-state index contributed by atoms with van der Waals surface area (Å²) in [6.45, 7) is 12.6. The molecular weight excluding hydrogens is 380 g/mol. The average Bonchev–Trinajstić information content (AvgIpc) is 2.65. The van der Waals surface area contributed by atoms with E-state index in [0.29, 0.717) is 6.42 Å². The Bertz CT molecular complexity index is 733. The first-order valence-electron chi connectivity index (χ1n) is 9.29. The van der Waals surface area contributed by atoms with Crippen LogP contribution in [0, 0.1) is 5.92 Å². The van der Waals surface area contributed by atoms with Gasteiger partial charge in [0, 0.05) is 5.57 Å². The maximum Gasteiger partial charge on any atom is 0.343 e. The number of ketones is 1. The smallest absolute Gasteiger partial charge is 0.343 e. The van der Waals surface area contributed by atoms with Crippen LogP contribution in [0.5, 0.6) is 0 Å². The number of esters is 3. The number of aliphatic hydroxyl groups excluding tert-OH is 1. The van der Waals surface area contributed by atoms with Crippen LogP contribution in [-0.2, 0) is 33.4 Å². The second-order valence-corrected chi connectivity index (χ2v) is 6.96. The summed E-state index contributed by atoms with van der Waals surface area (Å²) in [5.41, 5.74) is -1.94. The molecule has 0 aliphatic heterocycles. The fourth-order valence-corrected chi connectivity index (χ4v) is 2.84. The molecule has 0 saturated heterocycles. The SMILES string of the molecule is C=C(C)C(=O)OC(=O)C1CCC=CC1(OC(C(=O)C(=C)C)C(C)O)C(=O)OCC. The summed E-state index contributed by atoms with van der Waals surface area (Å²) in [6, 6.07) is 0. The molecule has 1 aliphatic carbocycles. The number of Topliss-reactive ketones (excluding diaryl/α,β-unsaturated/α-hetero) is 1. The molecule has 4 unspecified atom stereocenters. The third kappa shape index (κ3) is 5.71. The van der Waals surface area contributed by atoms with Crippen LogP contribution in [0.1, 0.15) is 40.5 Å². The molecule has 4 atom stereocenters. The van der Waals surface area contributed by atoms with Crippen molar-refractivity contribution in [2.24, 2.45) is 5.92 Å². The molecule has 0 aromatic heterocycles. The van der Waals surface area contributed by atoms with Gasteiger partial charge in [0.1, 0.15) is 12.0 Å². The molecule has 0 spiro atoms. The van der Waals surface area contributed by atoms with Gasteiger partial charge in [-0.3, -0.25) is 9.59 Å². The molecule has 8 heteroatoms. The predicted octanol–water partition coefficient (Wildman–Crippen LogP) is 1.81. The Morgan fingerprint density at radius 3 is 2.31 bits per heavy atom. The molecule has 0 saturated carbocycles. The molecule has 0 aromatic carbocycles. The van der Waals surface area contributed by atoms with Crippen LogP contribution in [0.15, 0.2) is 36.5 Å². The molecule has 1 N–H and O–H groups in total. The second-order valence-electron chi connectivity index (χ2n) is 6.96. The highest BCUT2D eigenvalue weighted by molar-refractivity contribution is 6.00. The van der Waals surface area contributed by atoms with E-state index in [9.17, 15) is 24.3 Å². The summed E-state index contributed by atoms with van der Waals surface area (Å²) in [6.07, 6.45) is 0.629. The standard InChI is InChI=1S/C21H28O8/c1-7-27-20(26)21(29-17(14(6)22)16(23)12(2)3)11-9-8-10-15(21)19(25)28-18(24)13(4)5/h9,11,14-15,17,22H,2,4,7-8,10H2,1,3,5-6H3. The van der Waals surface area contributed by atoms with Crippen LogP contribution in [0.4, 0.5) is 0 Å². The first-order valence-corrected chi connectivity index (χ1v) is 9.29. The van der Waals surface area contributed by atoms with Crippen molar-refractivity contribution in [3.05, 3.63) is 36.5 Å². The number of ether oxygens (including phenoxy) is 3. The van der Waals surface area contributed by atoms with E-state index in [2.05, 4.69) is 13.2 Å². The molecule has 0 heterocycles. The lowest BCUT2D eigenvalue weighted by atomic mass is 9.79. The van der Waals surface area contributed by atoms with Gasteiger partial charge in [-0.1, -0.05) is 19.2 Å². The number of carbonyl (C=O) groups is 4. The van der Waals surface area contributed by atoms with Gasteiger partial charge < -0.3 is 19.3 Å². The fraction of sp³-hybridized carbons (Fsp3) is 0.524. The minimum absolute atomic E-state index is 0.00618. The summed E-state index contributed by atoms with van der Waals surface area (Å²) >= 11 is 0. The average molecular weight is 408 g/mol. The number of allylic oxidation sites excluding steroid dienone is 1. The van der Waals surface area contributed by atoms with Crippen molar-refractivity contribution in [3.8, 4) is 0 Å². The largest absolute Gasteiger partial charge is 0.464 e. The monoisotopic (exact) mass is 408 g/mol. The van der Waals surface area contributed by atoms with Gasteiger partial charge >= 0.3 is 17.9 Å². The topological polar surface area (TPSA) is 116 Å². The van der Waals surface area contributed by atoms with Crippen molar-refractivity contribution in [1.29, 1.82) is 0 Å². The van der Waals surface area contributed by atoms with Crippen LogP contribution >= 0.6 is 0 Å². The van der Waals surface area contributed by atoms with E-state index in [1.54, 1.807) is 13.0 Å². The number of rotatable bonds is 9. The van der Waals surface area contributed by atoms with Crippen molar-refractivity contribution >= 4 is 23.7 Å². The first-order chi connectivity index (χ1) is 13.5. The Balaban J connectivity index is 3.44. The van der Waals surface area contributed by atoms with Crippen molar-refractivity contribution < 1.29 is 38.5 Å². The van der Waals surface area contributed by atoms with Crippen LogP contribution < -0.4 is 0 Å². The summed E-state index contributed by atoms with van der Waals surface area (Å²) in [4.78, 5) is 49.9. The van der Waals surface area contributed by atoms with E-state index in [-0.39, 0.29) is 24.2 Å². The highest BCUT2D eigenvalue weighted by Crippen LogP contribution is 2.37. The molecule has 29 heavy (non-hydrogen) atoms. The summed E-state index contributed by atoms with van der Waals surface area (Å²) in [5.74, 6) is -4.78. The molecular formula is C21H28O8. The third-order valence-corrected chi connectivity index (χ3v) is 4.37. The molecule has 0 bridgehead atoms. The second kappa shape index (κ2) is 10.3. The van der Waals surface area contributed by atoms with Gasteiger partial charge in [0.2, 0.25) is 0 Å². The van der Waals surface area contributed by atoms with Gasteiger partial charge in [-0.05, 0) is 52.2 Å². The predicted molar refractivity (Wildman–Crippen MR) is 104 cm³/mol. The maximum atomic E-state index is 12.9. The maximum absolute atomic E-state index is 12.9. The molecule has 1 aliphatic rings. The van der Waals surface area contributed by atoms with Crippen molar-refractivity contribution in [2.45, 2.75) is 58.3 Å². The van der Waals surface area contributed by atoms with Crippen LogP contribution in [0.3, 0.4) is 0 Å². The zero-order valence-electron chi connectivity index (χ0n) is 17.2. The lowest BCUT2D eigenvalue weighted by Crippen LogP contribution is -2.57. The highest BCUT2D eigenvalue weighted by Gasteiger charge is 2.54. The van der Waals surface area contributed by atoms with E-state index in [0.717, 1.165) is 0 Å². The van der Waals surface area contributed by atoms with Gasteiger partial charge in [0.25, 0.3) is 0 Å². The Kier molecular flexibility index (Phi) is 8.66. The summed E-state index contributed by atoms with van der Waals surface area (Å²) in [5, 5.41) is 10.1. The zero-order valence-corrected chi connectivity index (χ0v) is 17.2. The lowest BCUT2D eigenvalue weighted by Gasteiger charge is -2.39. The van der Waals surface area contributed by atoms with E-state index in [4.69, 9.17) is 14.2 Å². The van der Waals surface area contributed by atoms with Gasteiger partial charge in [-0.15, -0.1) is 0 Å². The quantitative estimate of drug-likeness (QED) is 0.266. The van der Waals surface area contributed by atoms with Crippen molar-refractivity contribution in [1.82, 2.24) is 0 Å². The Morgan fingerprint density at radius 1 is 1.21 bits per heavy atom. The molecule has 1 rings (SSSR count). The highest BCUT2D eigenvalue weighted by atomic mass is 16.6. The van der Waals surface area contributed by atoms with E-state index < -0.39 is 47.4 Å². The normalized spacial score (nSPS) is 22.9. The van der Waals surface area contributed by atoms with Crippen molar-refractivity contribution in [3.63, 3.8) is 0 Å². The van der Waals surface area contributed by atoms with Crippen LogP contribution in [0.25, 0.3) is 0 Å². The van der Waals surface area contributed by atoms with Gasteiger partial charge in [-0.25, -0.2) is 9.59 Å². The molecule has 0 fully saturated rings. The Hall–Kier alpha value is -2.58. The zero-order chi connectivity index (χ0) is 22.4. The number of hydrogen-bond acceptors (Lipinski definition) is 8. The molecule has 0 aromatic rings. The Morgan fingerprint density at radius 2 is 1.83 bits per heavy atom.